The highest BCUT2D eigenvalue weighted by atomic mass is 28.4. The summed E-state index contributed by atoms with van der Waals surface area (Å²) in [7, 11) is -0.515. The van der Waals surface area contributed by atoms with Gasteiger partial charge in [-0.2, -0.15) is 0 Å². The largest absolute Gasteiger partial charge is 0.449 e. The first-order chi connectivity index (χ1) is 38.5. The summed E-state index contributed by atoms with van der Waals surface area (Å²) in [6, 6.07) is 18.6. The van der Waals surface area contributed by atoms with E-state index >= 15 is 0 Å². The van der Waals surface area contributed by atoms with Crippen LogP contribution in [0.25, 0.3) is 11.1 Å². The maximum absolute atomic E-state index is 14.1. The minimum absolute atomic E-state index is 0.0271. The number of alkyl carbamates (subject to hydrolysis) is 1. The summed E-state index contributed by atoms with van der Waals surface area (Å²) in [4.78, 5) is 53.0. The number of rotatable bonds is 40. The maximum Gasteiger partial charge on any atom is 0.407 e. The second-order valence-corrected chi connectivity index (χ2v) is 25.5. The number of fused-ring (bicyclic) bond motifs is 3. The lowest BCUT2D eigenvalue weighted by Crippen LogP contribution is -2.54. The minimum Gasteiger partial charge on any atom is -0.449 e. The Balaban J connectivity index is 1.23. The van der Waals surface area contributed by atoms with Gasteiger partial charge in [0.2, 0.25) is 11.8 Å². The first-order valence-electron chi connectivity index (χ1n) is 27.6. The van der Waals surface area contributed by atoms with Gasteiger partial charge in [0, 0.05) is 30.8 Å². The number of ether oxygens (including phenoxy) is 10. The zero-order valence-corrected chi connectivity index (χ0v) is 49.4. The van der Waals surface area contributed by atoms with Crippen LogP contribution < -0.4 is 27.0 Å². The first kappa shape index (κ1) is 67.0. The number of carbonyl (C=O) groups excluding carboxylic acids is 4. The third-order valence-corrected chi connectivity index (χ3v) is 17.9. The molecule has 20 nitrogen and oxygen atoms in total. The molecular formula is C59H89N5O15Si. The van der Waals surface area contributed by atoms with Crippen LogP contribution in [-0.2, 0) is 68.0 Å². The van der Waals surface area contributed by atoms with Crippen LogP contribution in [-0.4, -0.2) is 177 Å². The summed E-state index contributed by atoms with van der Waals surface area (Å²) >= 11 is 0. The normalized spacial score (nSPS) is 13.0. The van der Waals surface area contributed by atoms with Crippen molar-refractivity contribution < 1.29 is 71.0 Å². The Morgan fingerprint density at radius 2 is 1.16 bits per heavy atom. The second kappa shape index (κ2) is 37.5. The van der Waals surface area contributed by atoms with Gasteiger partial charge in [-0.05, 0) is 76.8 Å². The highest BCUT2D eigenvalue weighted by Gasteiger charge is 2.37. The third kappa shape index (κ3) is 25.1. The van der Waals surface area contributed by atoms with Crippen molar-refractivity contribution in [3.8, 4) is 23.0 Å². The van der Waals surface area contributed by atoms with Gasteiger partial charge in [-0.3, -0.25) is 9.59 Å². The van der Waals surface area contributed by atoms with E-state index < -0.39 is 44.3 Å². The Bertz CT molecular complexity index is 2330. The van der Waals surface area contributed by atoms with Crippen molar-refractivity contribution in [2.45, 2.75) is 90.2 Å². The second-order valence-electron chi connectivity index (χ2n) is 20.7. The number of carbonyl (C=O) groups is 4. The van der Waals surface area contributed by atoms with Crippen LogP contribution in [0.1, 0.15) is 75.6 Å². The Labute approximate surface area is 474 Å². The monoisotopic (exact) mass is 1140 g/mol. The van der Waals surface area contributed by atoms with E-state index in [1.807, 2.05) is 42.5 Å². The molecule has 2 unspecified atom stereocenters. The molecule has 0 aliphatic heterocycles. The van der Waals surface area contributed by atoms with Crippen molar-refractivity contribution in [2.24, 2.45) is 11.7 Å². The summed E-state index contributed by atoms with van der Waals surface area (Å²) in [6.45, 7) is 22.5. The van der Waals surface area contributed by atoms with E-state index in [1.165, 1.54) is 0 Å². The predicted octanol–water partition coefficient (Wildman–Crippen LogP) is 6.77. The fourth-order valence-electron chi connectivity index (χ4n) is 7.89. The SMILES string of the molecule is COCCOCCOCCOCCOCCOCCOCCOCCOCC#Cc1cc(NC(=O)C(CCCNC(N)=O)NC(=O)C(NC(=O)OCC2c3ccccc3-c3ccccc32)C(C)C)ccc1CO[Si](C)(C)C(C)(C)C. The smallest absolute Gasteiger partial charge is 0.407 e. The van der Waals surface area contributed by atoms with Crippen molar-refractivity contribution >= 4 is 37.9 Å². The number of nitrogens with two attached hydrogens (primary N) is 1. The number of hydrogen-bond acceptors (Lipinski definition) is 15. The molecule has 0 radical (unpaired) electrons. The Morgan fingerprint density at radius 1 is 0.662 bits per heavy atom. The molecule has 3 aromatic rings. The Hall–Kier alpha value is -5.48. The summed E-state index contributed by atoms with van der Waals surface area (Å²) in [5, 5.41) is 11.0. The van der Waals surface area contributed by atoms with Gasteiger partial charge in [0.05, 0.1) is 112 Å². The predicted molar refractivity (Wildman–Crippen MR) is 308 cm³/mol. The topological polar surface area (TPSA) is 244 Å². The van der Waals surface area contributed by atoms with Gasteiger partial charge < -0.3 is 78.8 Å². The summed E-state index contributed by atoms with van der Waals surface area (Å²) < 4.78 is 61.6. The van der Waals surface area contributed by atoms with Crippen LogP contribution in [0.4, 0.5) is 15.3 Å². The number of benzene rings is 3. The molecular weight excluding hydrogens is 1050 g/mol. The maximum atomic E-state index is 14.1. The molecule has 1 aliphatic carbocycles. The van der Waals surface area contributed by atoms with Crippen LogP contribution in [0, 0.1) is 17.8 Å². The number of anilines is 1. The molecule has 0 aromatic heterocycles. The molecule has 3 aromatic carbocycles. The molecule has 0 bridgehead atoms. The zero-order chi connectivity index (χ0) is 58.0. The fourth-order valence-corrected chi connectivity index (χ4v) is 8.84. The lowest BCUT2D eigenvalue weighted by Gasteiger charge is -2.36. The van der Waals surface area contributed by atoms with Gasteiger partial charge in [0.25, 0.3) is 0 Å². The number of methoxy groups -OCH3 is 1. The molecule has 21 heteroatoms. The number of amides is 5. The lowest BCUT2D eigenvalue weighted by molar-refractivity contribution is -0.128. The molecule has 0 saturated heterocycles. The fraction of sp³-hybridized carbons (Fsp3) is 0.593. The lowest BCUT2D eigenvalue weighted by atomic mass is 9.98. The van der Waals surface area contributed by atoms with E-state index in [2.05, 4.69) is 79.1 Å². The van der Waals surface area contributed by atoms with Gasteiger partial charge in [-0.1, -0.05) is 101 Å². The van der Waals surface area contributed by atoms with Crippen LogP contribution in [0.2, 0.25) is 18.1 Å². The van der Waals surface area contributed by atoms with Crippen molar-refractivity contribution in [1.82, 2.24) is 16.0 Å². The van der Waals surface area contributed by atoms with Crippen LogP contribution in [0.3, 0.4) is 0 Å². The third-order valence-electron chi connectivity index (χ3n) is 13.4. The number of hydrogen-bond donors (Lipinski definition) is 5. The molecule has 2 atom stereocenters. The first-order valence-corrected chi connectivity index (χ1v) is 30.6. The zero-order valence-electron chi connectivity index (χ0n) is 48.4. The Kier molecular flexibility index (Phi) is 31.4. The number of nitrogens with one attached hydrogen (secondary N) is 4. The summed E-state index contributed by atoms with van der Waals surface area (Å²) in [6.07, 6.45) is -0.309. The average Bonchev–Trinajstić information content (AvgIpc) is 3.74. The molecule has 0 fully saturated rings. The molecule has 6 N–H and O–H groups in total. The van der Waals surface area contributed by atoms with E-state index in [9.17, 15) is 19.2 Å². The number of urea groups is 1. The quantitative estimate of drug-likeness (QED) is 0.0224. The van der Waals surface area contributed by atoms with Crippen LogP contribution in [0.5, 0.6) is 0 Å². The van der Waals surface area contributed by atoms with Crippen LogP contribution >= 0.6 is 0 Å². The molecule has 1 aliphatic rings. The van der Waals surface area contributed by atoms with Gasteiger partial charge >= 0.3 is 12.1 Å². The standard InChI is InChI=1S/C59H89N5O15Si/c1-44(2)54(64-58(68)78-43-52-50-18-11-9-16-48(50)49-17-10-12-19-51(49)52)56(66)63-53(20-13-23-61-57(60)67)55(65)62-47-22-21-46(42-79-80(7,8)59(3,4)5)45(41-47)15-14-24-70-27-28-72-31-32-74-35-36-76-39-40-77-38-37-75-34-33-73-30-29-71-26-25-69-6/h9-12,16-19,21-22,41,44,52-54H,13,20,23-40,42-43H2,1-8H3,(H,62,65)(H,63,66)(H,64,68)(H3,60,61,67). The average molecular weight is 1140 g/mol. The molecule has 444 valence electrons. The van der Waals surface area contributed by atoms with Crippen molar-refractivity contribution in [3.63, 3.8) is 0 Å². The summed E-state index contributed by atoms with van der Waals surface area (Å²) in [5.74, 6) is 4.66. The van der Waals surface area contributed by atoms with Crippen molar-refractivity contribution in [2.75, 3.05) is 138 Å². The van der Waals surface area contributed by atoms with Crippen molar-refractivity contribution in [1.29, 1.82) is 0 Å². The van der Waals surface area contributed by atoms with E-state index in [1.54, 1.807) is 33.1 Å². The van der Waals surface area contributed by atoms with Gasteiger partial charge in [-0.25, -0.2) is 9.59 Å². The molecule has 0 spiro atoms. The molecule has 5 amide bonds. The molecule has 0 saturated carbocycles. The molecule has 0 heterocycles. The van der Waals surface area contributed by atoms with Crippen LogP contribution in [0.15, 0.2) is 66.7 Å². The number of primary amides is 1. The van der Waals surface area contributed by atoms with E-state index in [0.29, 0.717) is 130 Å². The van der Waals surface area contributed by atoms with Gasteiger partial charge in [0.1, 0.15) is 25.3 Å². The van der Waals surface area contributed by atoms with Gasteiger partial charge in [0.15, 0.2) is 8.32 Å². The van der Waals surface area contributed by atoms with E-state index in [4.69, 9.17) is 57.5 Å². The highest BCUT2D eigenvalue weighted by molar-refractivity contribution is 6.74. The molecule has 80 heavy (non-hydrogen) atoms. The van der Waals surface area contributed by atoms with E-state index in [0.717, 1.165) is 27.8 Å². The van der Waals surface area contributed by atoms with Crippen molar-refractivity contribution in [3.05, 3.63) is 89.0 Å². The minimum atomic E-state index is -2.15. The van der Waals surface area contributed by atoms with E-state index in [-0.39, 0.29) is 43.1 Å². The van der Waals surface area contributed by atoms with Gasteiger partial charge in [-0.15, -0.1) is 0 Å². The highest BCUT2D eigenvalue weighted by Crippen LogP contribution is 2.44. The Morgan fingerprint density at radius 3 is 1.65 bits per heavy atom. The molecule has 4 rings (SSSR count). The summed E-state index contributed by atoms with van der Waals surface area (Å²) in [5.41, 5.74) is 11.5.